The van der Waals surface area contributed by atoms with E-state index in [2.05, 4.69) is 15.4 Å². The predicted octanol–water partition coefficient (Wildman–Crippen LogP) is 2.98. The van der Waals surface area contributed by atoms with E-state index in [-0.39, 0.29) is 42.3 Å². The second kappa shape index (κ2) is 12.0. The van der Waals surface area contributed by atoms with E-state index >= 15 is 0 Å². The summed E-state index contributed by atoms with van der Waals surface area (Å²) in [6, 6.07) is 8.53. The molecule has 2 heterocycles. The van der Waals surface area contributed by atoms with Crippen LogP contribution in [-0.2, 0) is 36.8 Å². The first-order chi connectivity index (χ1) is 18.5. The van der Waals surface area contributed by atoms with Crippen LogP contribution in [0.1, 0.15) is 35.4 Å². The molecule has 0 saturated carbocycles. The average molecular weight is 585 g/mol. The van der Waals surface area contributed by atoms with Crippen LogP contribution < -0.4 is 10.3 Å². The minimum atomic E-state index is -4.02. The fraction of sp³-hybridized carbons (Fsp3) is 0.320. The molecule has 2 N–H and O–H groups in total. The number of hydrogen-bond donors (Lipinski definition) is 2. The van der Waals surface area contributed by atoms with Crippen LogP contribution in [0.15, 0.2) is 47.9 Å². The van der Waals surface area contributed by atoms with Gasteiger partial charge >= 0.3 is 0 Å². The molecule has 1 atom stereocenters. The maximum Gasteiger partial charge on any atom is 0.246 e. The average Bonchev–Trinajstić information content (AvgIpc) is 3.20. The minimum absolute atomic E-state index is 0.0130. The number of aromatic nitrogens is 2. The van der Waals surface area contributed by atoms with Crippen molar-refractivity contribution >= 4 is 25.9 Å². The summed E-state index contributed by atoms with van der Waals surface area (Å²) in [6.45, 7) is 2.75. The summed E-state index contributed by atoms with van der Waals surface area (Å²) in [5.41, 5.74) is 3.36. The highest BCUT2D eigenvalue weighted by atomic mass is 32.2. The fourth-order valence-corrected chi connectivity index (χ4v) is 6.82. The number of benzene rings is 2. The summed E-state index contributed by atoms with van der Waals surface area (Å²) < 4.78 is 99.4. The quantitative estimate of drug-likeness (QED) is 0.263. The van der Waals surface area contributed by atoms with Crippen molar-refractivity contribution in [2.75, 3.05) is 25.5 Å². The third kappa shape index (κ3) is 7.33. The Hall–Kier alpha value is -3.04. The van der Waals surface area contributed by atoms with Gasteiger partial charge in [0.25, 0.3) is 0 Å². The number of fused-ring (bicyclic) bond motifs is 1. The number of sulfonamides is 1. The number of halogens is 3. The van der Waals surface area contributed by atoms with E-state index in [9.17, 15) is 30.0 Å². The van der Waals surface area contributed by atoms with Crippen LogP contribution in [-0.4, -0.2) is 52.1 Å². The Balaban J connectivity index is 1.77. The van der Waals surface area contributed by atoms with Crippen LogP contribution in [0.4, 0.5) is 13.2 Å². The van der Waals surface area contributed by atoms with Crippen molar-refractivity contribution in [1.29, 1.82) is 0 Å². The standard InChI is InChI=1S/C25H27F3N4O5S2/c1-2-37-10-9-29-31-39(35,36)11-8-23-21-16-38(33,34)15-18(12-17-4-3-5-19(26)13-17)25(21)32(30-23)24-7-6-20(27)14-22(24)28/h3-8,11,13-14,18,29,31H,2,9-10,12,15-16H2,1H3/b11-8+. The summed E-state index contributed by atoms with van der Waals surface area (Å²) in [5.74, 6) is -3.82. The zero-order chi connectivity index (χ0) is 28.2. The Kier molecular flexibility index (Phi) is 8.91. The molecular weight excluding hydrogens is 557 g/mol. The molecule has 3 aromatic rings. The monoisotopic (exact) mass is 584 g/mol. The van der Waals surface area contributed by atoms with Gasteiger partial charge in [-0.3, -0.25) is 0 Å². The van der Waals surface area contributed by atoms with Crippen molar-refractivity contribution in [2.24, 2.45) is 0 Å². The van der Waals surface area contributed by atoms with Crippen molar-refractivity contribution in [3.05, 3.63) is 87.8 Å². The first-order valence-corrected chi connectivity index (χ1v) is 15.4. The lowest BCUT2D eigenvalue weighted by atomic mass is 9.94. The molecule has 1 unspecified atom stereocenters. The van der Waals surface area contributed by atoms with E-state index in [1.807, 2.05) is 0 Å². The van der Waals surface area contributed by atoms with Crippen LogP contribution in [0.5, 0.6) is 0 Å². The van der Waals surface area contributed by atoms with Gasteiger partial charge in [0.05, 0.1) is 29.5 Å². The number of nitrogens with zero attached hydrogens (tertiary/aromatic N) is 2. The van der Waals surface area contributed by atoms with Crippen LogP contribution in [0.25, 0.3) is 11.8 Å². The Labute approximate surface area is 224 Å². The van der Waals surface area contributed by atoms with E-state index in [1.54, 1.807) is 13.0 Å². The molecule has 1 aromatic heterocycles. The maximum absolute atomic E-state index is 14.9. The zero-order valence-electron chi connectivity index (χ0n) is 20.9. The van der Waals surface area contributed by atoms with Gasteiger partial charge in [0, 0.05) is 36.1 Å². The largest absolute Gasteiger partial charge is 0.380 e. The van der Waals surface area contributed by atoms with Crippen LogP contribution in [0.3, 0.4) is 0 Å². The molecule has 4 rings (SSSR count). The summed E-state index contributed by atoms with van der Waals surface area (Å²) >= 11 is 0. The normalized spacial score (nSPS) is 17.0. The van der Waals surface area contributed by atoms with Gasteiger partial charge < -0.3 is 4.74 Å². The van der Waals surface area contributed by atoms with Crippen LogP contribution in [0.2, 0.25) is 0 Å². The lowest BCUT2D eigenvalue weighted by molar-refractivity contribution is 0.148. The van der Waals surface area contributed by atoms with Crippen molar-refractivity contribution in [3.63, 3.8) is 0 Å². The fourth-order valence-electron chi connectivity index (χ4n) is 4.39. The van der Waals surface area contributed by atoms with E-state index in [1.165, 1.54) is 22.9 Å². The summed E-state index contributed by atoms with van der Waals surface area (Å²) in [7, 11) is -7.71. The highest BCUT2D eigenvalue weighted by Crippen LogP contribution is 2.37. The lowest BCUT2D eigenvalue weighted by Gasteiger charge is -2.25. The lowest BCUT2D eigenvalue weighted by Crippen LogP contribution is -2.38. The Morgan fingerprint density at radius 1 is 1.15 bits per heavy atom. The van der Waals surface area contributed by atoms with Gasteiger partial charge in [-0.2, -0.15) is 5.10 Å². The third-order valence-corrected chi connectivity index (χ3v) is 8.53. The van der Waals surface area contributed by atoms with Crippen molar-refractivity contribution < 1.29 is 34.7 Å². The van der Waals surface area contributed by atoms with Crippen molar-refractivity contribution in [2.45, 2.75) is 25.0 Å². The number of nitrogens with one attached hydrogen (secondary N) is 2. The van der Waals surface area contributed by atoms with E-state index in [0.717, 1.165) is 23.6 Å². The Morgan fingerprint density at radius 3 is 2.64 bits per heavy atom. The van der Waals surface area contributed by atoms with E-state index < -0.39 is 49.0 Å². The molecule has 0 aliphatic carbocycles. The van der Waals surface area contributed by atoms with Gasteiger partial charge in [-0.05, 0) is 49.2 Å². The molecule has 0 amide bonds. The first-order valence-electron chi connectivity index (χ1n) is 12.0. The highest BCUT2D eigenvalue weighted by Gasteiger charge is 2.36. The molecule has 0 bridgehead atoms. The number of ether oxygens (including phenoxy) is 1. The molecule has 0 fully saturated rings. The summed E-state index contributed by atoms with van der Waals surface area (Å²) in [5, 5.41) is 5.15. The topological polar surface area (TPSA) is 119 Å². The number of rotatable bonds is 11. The number of sulfone groups is 1. The highest BCUT2D eigenvalue weighted by molar-refractivity contribution is 7.92. The summed E-state index contributed by atoms with van der Waals surface area (Å²) in [6.07, 6.45) is 1.20. The Bertz CT molecular complexity index is 1590. The smallest absolute Gasteiger partial charge is 0.246 e. The molecule has 0 spiro atoms. The van der Waals surface area contributed by atoms with E-state index in [0.29, 0.717) is 23.9 Å². The zero-order valence-corrected chi connectivity index (χ0v) is 22.5. The molecule has 2 aromatic carbocycles. The third-order valence-electron chi connectivity index (χ3n) is 5.96. The Morgan fingerprint density at radius 2 is 1.92 bits per heavy atom. The summed E-state index contributed by atoms with van der Waals surface area (Å²) in [4.78, 5) is 2.15. The van der Waals surface area contributed by atoms with Gasteiger partial charge in [-0.15, -0.1) is 4.83 Å². The van der Waals surface area contributed by atoms with Gasteiger partial charge in [-0.1, -0.05) is 12.1 Å². The van der Waals surface area contributed by atoms with Crippen LogP contribution >= 0.6 is 0 Å². The van der Waals surface area contributed by atoms with E-state index in [4.69, 9.17) is 4.74 Å². The SMILES string of the molecule is CCOCCNNS(=O)(=O)/C=C/c1nn(-c2ccc(F)cc2F)c2c1CS(=O)(=O)CC2Cc1cccc(F)c1. The molecule has 1 aliphatic heterocycles. The second-order valence-electron chi connectivity index (χ2n) is 8.92. The van der Waals surface area contributed by atoms with Crippen LogP contribution in [0, 0.1) is 17.5 Å². The van der Waals surface area contributed by atoms with Gasteiger partial charge in [0.1, 0.15) is 17.3 Å². The second-order valence-corrected chi connectivity index (χ2v) is 12.6. The maximum atomic E-state index is 14.9. The van der Waals surface area contributed by atoms with Gasteiger partial charge in [-0.25, -0.2) is 40.1 Å². The van der Waals surface area contributed by atoms with Crippen molar-refractivity contribution in [1.82, 2.24) is 20.0 Å². The molecule has 210 valence electrons. The van der Waals surface area contributed by atoms with Crippen molar-refractivity contribution in [3.8, 4) is 5.69 Å². The minimum Gasteiger partial charge on any atom is -0.380 e. The predicted molar refractivity (Wildman–Crippen MR) is 139 cm³/mol. The van der Waals surface area contributed by atoms with Gasteiger partial charge in [0.15, 0.2) is 15.7 Å². The molecule has 1 aliphatic rings. The molecule has 0 saturated heterocycles. The molecular formula is C25H27F3N4O5S2. The molecule has 39 heavy (non-hydrogen) atoms. The first kappa shape index (κ1) is 29.0. The molecule has 14 heteroatoms. The number of hydrazine groups is 1. The number of hydrogen-bond acceptors (Lipinski definition) is 7. The van der Waals surface area contributed by atoms with Gasteiger partial charge in [0.2, 0.25) is 10.0 Å². The molecule has 0 radical (unpaired) electrons. The molecule has 9 nitrogen and oxygen atoms in total.